The van der Waals surface area contributed by atoms with Gasteiger partial charge in [0.2, 0.25) is 5.91 Å². The number of ether oxygens (including phenoxy) is 2. The molecule has 1 aliphatic heterocycles. The van der Waals surface area contributed by atoms with Crippen LogP contribution in [0.4, 0.5) is 11.4 Å². The zero-order valence-electron chi connectivity index (χ0n) is 15.4. The van der Waals surface area contributed by atoms with Gasteiger partial charge in [-0.3, -0.25) is 9.59 Å². The van der Waals surface area contributed by atoms with E-state index in [2.05, 4.69) is 10.6 Å². The Hall–Kier alpha value is -3.06. The Morgan fingerprint density at radius 2 is 1.75 bits per heavy atom. The van der Waals surface area contributed by atoms with Gasteiger partial charge in [0.1, 0.15) is 13.2 Å². The summed E-state index contributed by atoms with van der Waals surface area (Å²) in [7, 11) is 0. The molecular formula is C21H23N3O4. The van der Waals surface area contributed by atoms with E-state index in [0.717, 1.165) is 12.8 Å². The van der Waals surface area contributed by atoms with Gasteiger partial charge in [0.25, 0.3) is 5.91 Å². The van der Waals surface area contributed by atoms with Crippen molar-refractivity contribution < 1.29 is 19.1 Å². The molecule has 7 nitrogen and oxygen atoms in total. The van der Waals surface area contributed by atoms with Crippen LogP contribution in [0.2, 0.25) is 0 Å². The highest BCUT2D eigenvalue weighted by Crippen LogP contribution is 2.33. The van der Waals surface area contributed by atoms with Gasteiger partial charge >= 0.3 is 0 Å². The smallest absolute Gasteiger partial charge is 0.257 e. The van der Waals surface area contributed by atoms with Crippen LogP contribution in [0.5, 0.6) is 11.5 Å². The Morgan fingerprint density at radius 3 is 2.54 bits per heavy atom. The van der Waals surface area contributed by atoms with E-state index in [1.807, 2.05) is 0 Å². The van der Waals surface area contributed by atoms with E-state index in [4.69, 9.17) is 15.2 Å². The van der Waals surface area contributed by atoms with E-state index in [0.29, 0.717) is 48.1 Å². The summed E-state index contributed by atoms with van der Waals surface area (Å²) in [5.41, 5.74) is 7.39. The molecule has 2 aromatic rings. The van der Waals surface area contributed by atoms with Crippen molar-refractivity contribution in [1.82, 2.24) is 0 Å². The van der Waals surface area contributed by atoms with Crippen LogP contribution in [0.3, 0.4) is 0 Å². The summed E-state index contributed by atoms with van der Waals surface area (Å²) in [6, 6.07) is 12.3. The fourth-order valence-corrected chi connectivity index (χ4v) is 3.60. The van der Waals surface area contributed by atoms with E-state index < -0.39 is 0 Å². The molecule has 0 spiro atoms. The third-order valence-corrected chi connectivity index (χ3v) is 5.07. The summed E-state index contributed by atoms with van der Waals surface area (Å²) in [4.78, 5) is 25.3. The molecule has 2 unspecified atom stereocenters. The van der Waals surface area contributed by atoms with Crippen molar-refractivity contribution in [2.24, 2.45) is 11.7 Å². The lowest BCUT2D eigenvalue weighted by Crippen LogP contribution is -2.24. The summed E-state index contributed by atoms with van der Waals surface area (Å²) in [5, 5.41) is 5.74. The first-order valence-electron chi connectivity index (χ1n) is 9.46. The normalized spacial score (nSPS) is 20.5. The molecule has 1 saturated carbocycles. The minimum absolute atomic E-state index is 0.0736. The first kappa shape index (κ1) is 18.3. The molecule has 4 N–H and O–H groups in total. The summed E-state index contributed by atoms with van der Waals surface area (Å²) >= 11 is 0. The molecule has 1 aliphatic carbocycles. The van der Waals surface area contributed by atoms with Crippen LogP contribution in [0.15, 0.2) is 42.5 Å². The van der Waals surface area contributed by atoms with Crippen molar-refractivity contribution >= 4 is 23.2 Å². The molecule has 2 aromatic carbocycles. The number of carbonyl (C=O) groups excluding carboxylic acids is 2. The number of amides is 2. The number of nitrogens with two attached hydrogens (primary N) is 1. The van der Waals surface area contributed by atoms with Crippen molar-refractivity contribution in [1.29, 1.82) is 0 Å². The minimum atomic E-state index is -0.310. The standard InChI is InChI=1S/C21H23N3O4/c22-14-6-5-13(11-14)20(25)24-17-4-2-1-3-16(17)21(26)23-15-7-8-18-19(12-15)28-10-9-27-18/h1-4,7-8,12-14H,5-6,9-11,22H2,(H,23,26)(H,24,25). The van der Waals surface area contributed by atoms with E-state index in [1.54, 1.807) is 42.5 Å². The van der Waals surface area contributed by atoms with Crippen LogP contribution in [-0.4, -0.2) is 31.1 Å². The summed E-state index contributed by atoms with van der Waals surface area (Å²) in [6.07, 6.45) is 2.31. The van der Waals surface area contributed by atoms with Crippen LogP contribution in [0.1, 0.15) is 29.6 Å². The Bertz CT molecular complexity index is 899. The van der Waals surface area contributed by atoms with Crippen molar-refractivity contribution in [3.05, 3.63) is 48.0 Å². The quantitative estimate of drug-likeness (QED) is 0.756. The molecule has 146 valence electrons. The fraction of sp³-hybridized carbons (Fsp3) is 0.333. The number of hydrogen-bond acceptors (Lipinski definition) is 5. The van der Waals surface area contributed by atoms with E-state index in [1.165, 1.54) is 0 Å². The monoisotopic (exact) mass is 381 g/mol. The molecule has 1 fully saturated rings. The topological polar surface area (TPSA) is 103 Å². The van der Waals surface area contributed by atoms with Crippen molar-refractivity contribution in [3.63, 3.8) is 0 Å². The Morgan fingerprint density at radius 1 is 0.964 bits per heavy atom. The van der Waals surface area contributed by atoms with Gasteiger partial charge in [-0.25, -0.2) is 0 Å². The number of hydrogen-bond donors (Lipinski definition) is 3. The Balaban J connectivity index is 1.48. The Kier molecular flexibility index (Phi) is 5.16. The molecule has 7 heteroatoms. The van der Waals surface area contributed by atoms with E-state index in [-0.39, 0.29) is 23.8 Å². The maximum atomic E-state index is 12.8. The van der Waals surface area contributed by atoms with Crippen molar-refractivity contribution in [2.75, 3.05) is 23.8 Å². The lowest BCUT2D eigenvalue weighted by Gasteiger charge is -2.19. The second kappa shape index (κ2) is 7.90. The number of para-hydroxylation sites is 1. The number of carbonyl (C=O) groups is 2. The van der Waals surface area contributed by atoms with Gasteiger partial charge < -0.3 is 25.8 Å². The van der Waals surface area contributed by atoms with Gasteiger partial charge in [-0.05, 0) is 43.5 Å². The predicted molar refractivity (Wildman–Crippen MR) is 106 cm³/mol. The second-order valence-corrected chi connectivity index (χ2v) is 7.12. The molecule has 2 aliphatic rings. The summed E-state index contributed by atoms with van der Waals surface area (Å²) in [6.45, 7) is 0.988. The van der Waals surface area contributed by atoms with Gasteiger partial charge in [-0.1, -0.05) is 12.1 Å². The third-order valence-electron chi connectivity index (χ3n) is 5.07. The van der Waals surface area contributed by atoms with Gasteiger partial charge in [-0.15, -0.1) is 0 Å². The largest absolute Gasteiger partial charge is 0.486 e. The van der Waals surface area contributed by atoms with E-state index in [9.17, 15) is 9.59 Å². The van der Waals surface area contributed by atoms with Crippen LogP contribution in [0, 0.1) is 5.92 Å². The summed E-state index contributed by atoms with van der Waals surface area (Å²) in [5.74, 6) is 0.752. The molecule has 0 saturated heterocycles. The molecular weight excluding hydrogens is 358 g/mol. The molecule has 28 heavy (non-hydrogen) atoms. The van der Waals surface area contributed by atoms with Crippen molar-refractivity contribution in [3.8, 4) is 11.5 Å². The zero-order chi connectivity index (χ0) is 19.5. The molecule has 1 heterocycles. The molecule has 4 rings (SSSR count). The highest BCUT2D eigenvalue weighted by atomic mass is 16.6. The van der Waals surface area contributed by atoms with Crippen LogP contribution < -0.4 is 25.8 Å². The number of nitrogens with one attached hydrogen (secondary N) is 2. The maximum Gasteiger partial charge on any atom is 0.257 e. The average molecular weight is 381 g/mol. The number of anilines is 2. The SMILES string of the molecule is NC1CCC(C(=O)Nc2ccccc2C(=O)Nc2ccc3c(c2)OCCO3)C1. The van der Waals surface area contributed by atoms with Gasteiger partial charge in [0.15, 0.2) is 11.5 Å². The minimum Gasteiger partial charge on any atom is -0.486 e. The third kappa shape index (κ3) is 3.94. The van der Waals surface area contributed by atoms with Gasteiger partial charge in [0, 0.05) is 23.7 Å². The second-order valence-electron chi connectivity index (χ2n) is 7.12. The molecule has 2 atom stereocenters. The van der Waals surface area contributed by atoms with Crippen LogP contribution in [0.25, 0.3) is 0 Å². The van der Waals surface area contributed by atoms with Crippen LogP contribution in [-0.2, 0) is 4.79 Å². The first-order valence-corrected chi connectivity index (χ1v) is 9.46. The molecule has 0 radical (unpaired) electrons. The lowest BCUT2D eigenvalue weighted by atomic mass is 10.1. The van der Waals surface area contributed by atoms with Crippen LogP contribution >= 0.6 is 0 Å². The van der Waals surface area contributed by atoms with Gasteiger partial charge in [-0.2, -0.15) is 0 Å². The zero-order valence-corrected chi connectivity index (χ0v) is 15.4. The number of benzene rings is 2. The van der Waals surface area contributed by atoms with E-state index >= 15 is 0 Å². The molecule has 0 aromatic heterocycles. The predicted octanol–water partition coefficient (Wildman–Crippen LogP) is 2.78. The average Bonchev–Trinajstić information content (AvgIpc) is 3.15. The van der Waals surface area contributed by atoms with Crippen molar-refractivity contribution in [2.45, 2.75) is 25.3 Å². The molecule has 0 bridgehead atoms. The number of rotatable bonds is 4. The summed E-state index contributed by atoms with van der Waals surface area (Å²) < 4.78 is 11.0. The highest BCUT2D eigenvalue weighted by Gasteiger charge is 2.28. The van der Waals surface area contributed by atoms with Gasteiger partial charge in [0.05, 0.1) is 11.3 Å². The maximum absolute atomic E-state index is 12.8. The number of fused-ring (bicyclic) bond motifs is 1. The first-order chi connectivity index (χ1) is 13.6. The fourth-order valence-electron chi connectivity index (χ4n) is 3.60. The lowest BCUT2D eigenvalue weighted by molar-refractivity contribution is -0.119. The highest BCUT2D eigenvalue weighted by molar-refractivity contribution is 6.10. The Labute approximate surface area is 163 Å². The molecule has 2 amide bonds.